The van der Waals surface area contributed by atoms with E-state index in [9.17, 15) is 0 Å². The normalized spacial score (nSPS) is 12.6. The average Bonchev–Trinajstić information content (AvgIpc) is 2.81. The van der Waals surface area contributed by atoms with Crippen LogP contribution in [-0.2, 0) is 0 Å². The van der Waals surface area contributed by atoms with E-state index < -0.39 is 0 Å². The predicted molar refractivity (Wildman–Crippen MR) is 64.4 cm³/mol. The lowest BCUT2D eigenvalue weighted by molar-refractivity contribution is 0.300. The van der Waals surface area contributed by atoms with E-state index in [-0.39, 0.29) is 17.1 Å². The van der Waals surface area contributed by atoms with Gasteiger partial charge < -0.3 is 5.11 Å². The number of nitrogens with zero attached hydrogens (tertiary/aromatic N) is 5. The minimum atomic E-state index is -0.000983. The van der Waals surface area contributed by atoms with Crippen LogP contribution in [0.2, 0.25) is 5.28 Å². The number of aliphatic hydroxyl groups is 1. The fraction of sp³-hybridized carbons (Fsp3) is 0.333. The molecule has 1 atom stereocenters. The Kier molecular flexibility index (Phi) is 3.93. The van der Waals surface area contributed by atoms with Crippen molar-refractivity contribution in [2.24, 2.45) is 0 Å². The maximum absolute atomic E-state index is 8.98. The summed E-state index contributed by atoms with van der Waals surface area (Å²) >= 11 is 7.15. The third-order valence-electron chi connectivity index (χ3n) is 1.85. The highest BCUT2D eigenvalue weighted by molar-refractivity contribution is 7.99. The first kappa shape index (κ1) is 12.3. The molecular weight excluding hydrogens is 262 g/mol. The maximum atomic E-state index is 8.98. The highest BCUT2D eigenvalue weighted by Crippen LogP contribution is 2.20. The van der Waals surface area contributed by atoms with Gasteiger partial charge in [0, 0.05) is 17.6 Å². The number of rotatable bonds is 4. The second-order valence-corrected chi connectivity index (χ2v) is 4.99. The molecule has 8 heteroatoms. The van der Waals surface area contributed by atoms with Gasteiger partial charge in [0.05, 0.1) is 6.61 Å². The van der Waals surface area contributed by atoms with E-state index in [1.807, 2.05) is 6.92 Å². The second-order valence-electron chi connectivity index (χ2n) is 3.25. The molecule has 0 fully saturated rings. The molecule has 0 saturated carbocycles. The molecule has 2 aromatic rings. The van der Waals surface area contributed by atoms with E-state index in [0.717, 1.165) is 0 Å². The Morgan fingerprint density at radius 1 is 1.47 bits per heavy atom. The molecule has 2 heterocycles. The van der Waals surface area contributed by atoms with Gasteiger partial charge in [0.1, 0.15) is 0 Å². The summed E-state index contributed by atoms with van der Waals surface area (Å²) in [7, 11) is 0. The van der Waals surface area contributed by atoms with Gasteiger partial charge >= 0.3 is 0 Å². The summed E-state index contributed by atoms with van der Waals surface area (Å²) in [5, 5.41) is 13.6. The third kappa shape index (κ3) is 3.15. The van der Waals surface area contributed by atoms with E-state index in [0.29, 0.717) is 11.1 Å². The number of halogens is 1. The molecule has 0 radical (unpaired) electrons. The molecule has 2 rings (SSSR count). The first-order chi connectivity index (χ1) is 8.19. The zero-order valence-corrected chi connectivity index (χ0v) is 10.6. The summed E-state index contributed by atoms with van der Waals surface area (Å²) in [4.78, 5) is 12.2. The van der Waals surface area contributed by atoms with Crippen molar-refractivity contribution in [3.05, 3.63) is 23.7 Å². The molecule has 0 bridgehead atoms. The van der Waals surface area contributed by atoms with Crippen LogP contribution in [0.25, 0.3) is 5.95 Å². The highest BCUT2D eigenvalue weighted by Gasteiger charge is 2.10. The van der Waals surface area contributed by atoms with Gasteiger partial charge in [-0.25, -0.2) is 4.68 Å². The van der Waals surface area contributed by atoms with Crippen LogP contribution in [0.1, 0.15) is 6.92 Å². The van der Waals surface area contributed by atoms with E-state index >= 15 is 0 Å². The summed E-state index contributed by atoms with van der Waals surface area (Å²) in [5.41, 5.74) is 0. The number of aromatic nitrogens is 5. The molecule has 0 aromatic carbocycles. The Morgan fingerprint density at radius 3 is 2.94 bits per heavy atom. The van der Waals surface area contributed by atoms with Gasteiger partial charge in [-0.1, -0.05) is 18.7 Å². The third-order valence-corrected chi connectivity index (χ3v) is 2.96. The Hall–Kier alpha value is -1.18. The van der Waals surface area contributed by atoms with Crippen LogP contribution in [-0.4, -0.2) is 41.7 Å². The Balaban J connectivity index is 2.30. The molecule has 17 heavy (non-hydrogen) atoms. The van der Waals surface area contributed by atoms with E-state index in [4.69, 9.17) is 16.7 Å². The Bertz CT molecular complexity index is 492. The van der Waals surface area contributed by atoms with Crippen molar-refractivity contribution in [2.45, 2.75) is 17.3 Å². The molecule has 6 nitrogen and oxygen atoms in total. The van der Waals surface area contributed by atoms with Gasteiger partial charge in [0.25, 0.3) is 5.95 Å². The van der Waals surface area contributed by atoms with Gasteiger partial charge in [0.15, 0.2) is 5.16 Å². The fourth-order valence-electron chi connectivity index (χ4n) is 1.08. The molecule has 0 aliphatic rings. The quantitative estimate of drug-likeness (QED) is 0.842. The minimum Gasteiger partial charge on any atom is -0.395 e. The van der Waals surface area contributed by atoms with Crippen molar-refractivity contribution < 1.29 is 5.11 Å². The molecule has 1 unspecified atom stereocenters. The van der Waals surface area contributed by atoms with Gasteiger partial charge in [-0.2, -0.15) is 20.1 Å². The van der Waals surface area contributed by atoms with Crippen molar-refractivity contribution in [2.75, 3.05) is 6.61 Å². The Labute approximate surface area is 107 Å². The van der Waals surface area contributed by atoms with Gasteiger partial charge in [-0.3, -0.25) is 0 Å². The minimum absolute atomic E-state index is 0.000983. The largest absolute Gasteiger partial charge is 0.395 e. The predicted octanol–water partition coefficient (Wildman–Crippen LogP) is 1.18. The first-order valence-corrected chi connectivity index (χ1v) is 6.14. The van der Waals surface area contributed by atoms with E-state index in [1.54, 1.807) is 18.5 Å². The van der Waals surface area contributed by atoms with Crippen molar-refractivity contribution in [1.29, 1.82) is 0 Å². The van der Waals surface area contributed by atoms with Crippen molar-refractivity contribution in [3.63, 3.8) is 0 Å². The Morgan fingerprint density at radius 2 is 2.29 bits per heavy atom. The summed E-state index contributed by atoms with van der Waals surface area (Å²) in [6.07, 6.45) is 3.34. The average molecular weight is 272 g/mol. The van der Waals surface area contributed by atoms with Crippen LogP contribution < -0.4 is 0 Å². The zero-order chi connectivity index (χ0) is 12.3. The lowest BCUT2D eigenvalue weighted by atomic mass is 10.5. The lowest BCUT2D eigenvalue weighted by Gasteiger charge is -2.07. The van der Waals surface area contributed by atoms with Gasteiger partial charge in [0.2, 0.25) is 5.28 Å². The number of hydrogen-bond acceptors (Lipinski definition) is 6. The van der Waals surface area contributed by atoms with Crippen LogP contribution in [0.5, 0.6) is 0 Å². The first-order valence-electron chi connectivity index (χ1n) is 4.88. The number of thioether (sulfide) groups is 1. The molecule has 0 saturated heterocycles. The van der Waals surface area contributed by atoms with E-state index in [2.05, 4.69) is 20.1 Å². The molecule has 90 valence electrons. The van der Waals surface area contributed by atoms with Crippen LogP contribution in [0.15, 0.2) is 23.6 Å². The molecule has 2 aromatic heterocycles. The number of aliphatic hydroxyl groups excluding tert-OH is 1. The van der Waals surface area contributed by atoms with E-state index in [1.165, 1.54) is 16.4 Å². The van der Waals surface area contributed by atoms with Crippen molar-refractivity contribution >= 4 is 23.4 Å². The van der Waals surface area contributed by atoms with Crippen molar-refractivity contribution in [3.8, 4) is 5.95 Å². The molecule has 0 aliphatic heterocycles. The summed E-state index contributed by atoms with van der Waals surface area (Å²) in [5.74, 6) is 0.364. The SMILES string of the molecule is CC(CO)Sc1nc(Cl)nc(-n2cccn2)n1. The van der Waals surface area contributed by atoms with Crippen LogP contribution in [0.3, 0.4) is 0 Å². The fourth-order valence-corrected chi connectivity index (χ4v) is 2.00. The van der Waals surface area contributed by atoms with Crippen LogP contribution in [0.4, 0.5) is 0 Å². The molecule has 1 N–H and O–H groups in total. The van der Waals surface area contributed by atoms with Gasteiger partial charge in [-0.05, 0) is 17.7 Å². The maximum Gasteiger partial charge on any atom is 0.255 e. The lowest BCUT2D eigenvalue weighted by Crippen LogP contribution is -2.08. The molecule has 0 amide bonds. The smallest absolute Gasteiger partial charge is 0.255 e. The molecule has 0 aliphatic carbocycles. The highest BCUT2D eigenvalue weighted by atomic mass is 35.5. The van der Waals surface area contributed by atoms with Crippen molar-refractivity contribution in [1.82, 2.24) is 24.7 Å². The topological polar surface area (TPSA) is 76.7 Å². The van der Waals surface area contributed by atoms with Crippen LogP contribution >= 0.6 is 23.4 Å². The monoisotopic (exact) mass is 271 g/mol. The second kappa shape index (κ2) is 5.44. The van der Waals surface area contributed by atoms with Gasteiger partial charge in [-0.15, -0.1) is 0 Å². The summed E-state index contributed by atoms with van der Waals surface area (Å²) < 4.78 is 1.50. The molecule has 0 spiro atoms. The summed E-state index contributed by atoms with van der Waals surface area (Å²) in [6, 6.07) is 1.76. The standard InChI is InChI=1S/C9H10ClN5OS/c1-6(5-16)17-9-13-7(10)12-8(14-9)15-4-2-3-11-15/h2-4,6,16H,5H2,1H3. The zero-order valence-electron chi connectivity index (χ0n) is 8.99. The molecular formula is C9H10ClN5OS. The van der Waals surface area contributed by atoms with Crippen LogP contribution in [0, 0.1) is 0 Å². The number of hydrogen-bond donors (Lipinski definition) is 1. The summed E-state index contributed by atoms with van der Waals surface area (Å²) in [6.45, 7) is 1.92.